The monoisotopic (exact) mass is 560 g/mol. The Morgan fingerprint density at radius 2 is 0.857 bits per heavy atom. The van der Waals surface area contributed by atoms with E-state index >= 15 is 0 Å². The summed E-state index contributed by atoms with van der Waals surface area (Å²) in [6.07, 6.45) is 0. The number of benzene rings is 5. The molecule has 0 amide bonds. The SMILES string of the molecule is CC(C)c1cc2c3ccc(C(C)(C)C)c4c(C(C)(C)C)ccc(c5c(C(C)C)cc(C(C)(C)C)c(c1C(C)(C)C)c25)c43. The van der Waals surface area contributed by atoms with E-state index in [1.807, 2.05) is 0 Å². The standard InChI is InChI=1S/C42H56/c1-23(2)27-22-32(41(11,12)13)37-35-29(21-28(24(3)4)38(37)42(14,15)16)25-17-19-30(39(5,6)7)36-31(40(8,9)10)20-18-26(33(25)36)34(27)35/h17-24H,1-16H3. The summed E-state index contributed by atoms with van der Waals surface area (Å²) in [7, 11) is 0. The second-order valence-corrected chi connectivity index (χ2v) is 17.9. The summed E-state index contributed by atoms with van der Waals surface area (Å²) in [6.45, 7) is 38.3. The molecule has 0 atom stereocenters. The maximum absolute atomic E-state index is 2.60. The van der Waals surface area contributed by atoms with Crippen LogP contribution < -0.4 is 0 Å². The lowest BCUT2D eigenvalue weighted by Crippen LogP contribution is -2.21. The van der Waals surface area contributed by atoms with E-state index in [9.17, 15) is 0 Å². The molecule has 0 spiro atoms. The molecule has 224 valence electrons. The average Bonchev–Trinajstić information content (AvgIpc) is 2.82. The maximum atomic E-state index is 2.60. The van der Waals surface area contributed by atoms with E-state index < -0.39 is 0 Å². The van der Waals surface area contributed by atoms with Gasteiger partial charge in [0.25, 0.3) is 0 Å². The quantitative estimate of drug-likeness (QED) is 0.149. The molecule has 0 aliphatic heterocycles. The Labute approximate surface area is 256 Å². The Hall–Kier alpha value is -2.60. The molecule has 5 rings (SSSR count). The first-order valence-electron chi connectivity index (χ1n) is 16.4. The Balaban J connectivity index is 2.28. The van der Waals surface area contributed by atoms with Gasteiger partial charge in [-0.05, 0) is 116 Å². The molecule has 0 unspecified atom stereocenters. The summed E-state index contributed by atoms with van der Waals surface area (Å²) in [4.78, 5) is 0. The third-order valence-corrected chi connectivity index (χ3v) is 9.60. The van der Waals surface area contributed by atoms with Gasteiger partial charge in [0.15, 0.2) is 0 Å². The smallest absolute Gasteiger partial charge is 0.00173 e. The summed E-state index contributed by atoms with van der Waals surface area (Å²) in [5, 5.41) is 11.7. The fourth-order valence-electron chi connectivity index (χ4n) is 7.67. The van der Waals surface area contributed by atoms with E-state index in [4.69, 9.17) is 0 Å². The molecular weight excluding hydrogens is 504 g/mol. The van der Waals surface area contributed by atoms with Crippen LogP contribution >= 0.6 is 0 Å². The molecule has 0 aliphatic carbocycles. The van der Waals surface area contributed by atoms with Crippen LogP contribution in [0.4, 0.5) is 0 Å². The van der Waals surface area contributed by atoms with Crippen LogP contribution in [0.15, 0.2) is 36.4 Å². The van der Waals surface area contributed by atoms with Crippen molar-refractivity contribution in [1.82, 2.24) is 0 Å². The van der Waals surface area contributed by atoms with Crippen molar-refractivity contribution in [3.05, 3.63) is 69.8 Å². The van der Waals surface area contributed by atoms with E-state index in [0.29, 0.717) is 11.8 Å². The normalized spacial score (nSPS) is 14.1. The molecule has 5 aromatic rings. The lowest BCUT2D eigenvalue weighted by Gasteiger charge is -2.35. The van der Waals surface area contributed by atoms with Gasteiger partial charge in [-0.15, -0.1) is 0 Å². The Morgan fingerprint density at radius 3 is 1.29 bits per heavy atom. The molecule has 0 bridgehead atoms. The van der Waals surface area contributed by atoms with E-state index in [1.54, 1.807) is 0 Å². The highest BCUT2D eigenvalue weighted by atomic mass is 14.4. The molecule has 0 saturated heterocycles. The van der Waals surface area contributed by atoms with Crippen LogP contribution in [0, 0.1) is 0 Å². The van der Waals surface area contributed by atoms with E-state index in [1.165, 1.54) is 76.5 Å². The highest BCUT2D eigenvalue weighted by Crippen LogP contribution is 2.52. The van der Waals surface area contributed by atoms with Crippen LogP contribution in [0.3, 0.4) is 0 Å². The molecule has 0 saturated carbocycles. The molecule has 0 N–H and O–H groups in total. The molecular formula is C42H56. The van der Waals surface area contributed by atoms with Gasteiger partial charge in [-0.1, -0.05) is 141 Å². The fraction of sp³-hybridized carbons (Fsp3) is 0.524. The molecule has 0 aliphatic rings. The molecule has 5 aromatic carbocycles. The van der Waals surface area contributed by atoms with Crippen molar-refractivity contribution in [3.8, 4) is 0 Å². The van der Waals surface area contributed by atoms with Crippen molar-refractivity contribution >= 4 is 43.1 Å². The highest BCUT2D eigenvalue weighted by Gasteiger charge is 2.33. The molecule has 0 heteroatoms. The number of hydrogen-bond donors (Lipinski definition) is 0. The summed E-state index contributed by atoms with van der Waals surface area (Å²) < 4.78 is 0. The number of hydrogen-bond acceptors (Lipinski definition) is 0. The molecule has 0 aromatic heterocycles. The number of rotatable bonds is 2. The zero-order valence-corrected chi connectivity index (χ0v) is 29.6. The first-order chi connectivity index (χ1) is 19.1. The Morgan fingerprint density at radius 1 is 0.381 bits per heavy atom. The minimum atomic E-state index is 0.0243. The van der Waals surface area contributed by atoms with Gasteiger partial charge in [0.1, 0.15) is 0 Å². The van der Waals surface area contributed by atoms with Crippen LogP contribution in [-0.4, -0.2) is 0 Å². The summed E-state index contributed by atoms with van der Waals surface area (Å²) in [5.41, 5.74) is 9.08. The van der Waals surface area contributed by atoms with Crippen molar-refractivity contribution in [2.45, 2.75) is 144 Å². The van der Waals surface area contributed by atoms with Crippen molar-refractivity contribution in [3.63, 3.8) is 0 Å². The molecule has 0 heterocycles. The Bertz CT molecular complexity index is 1810. The predicted molar refractivity (Wildman–Crippen MR) is 191 cm³/mol. The minimum Gasteiger partial charge on any atom is -0.0587 e. The zero-order chi connectivity index (χ0) is 31.5. The zero-order valence-electron chi connectivity index (χ0n) is 29.6. The van der Waals surface area contributed by atoms with Gasteiger partial charge in [0.2, 0.25) is 0 Å². The lowest BCUT2D eigenvalue weighted by atomic mass is 9.69. The van der Waals surface area contributed by atoms with Gasteiger partial charge in [0.05, 0.1) is 0 Å². The lowest BCUT2D eigenvalue weighted by molar-refractivity contribution is 0.572. The third-order valence-electron chi connectivity index (χ3n) is 9.60. The van der Waals surface area contributed by atoms with E-state index in [0.717, 1.165) is 0 Å². The van der Waals surface area contributed by atoms with Crippen molar-refractivity contribution in [2.24, 2.45) is 0 Å². The second kappa shape index (κ2) is 9.45. The van der Waals surface area contributed by atoms with E-state index in [2.05, 4.69) is 147 Å². The van der Waals surface area contributed by atoms with Gasteiger partial charge >= 0.3 is 0 Å². The largest absolute Gasteiger partial charge is 0.0587 e. The van der Waals surface area contributed by atoms with Crippen molar-refractivity contribution in [2.75, 3.05) is 0 Å². The van der Waals surface area contributed by atoms with Gasteiger partial charge in [-0.25, -0.2) is 0 Å². The van der Waals surface area contributed by atoms with Gasteiger partial charge < -0.3 is 0 Å². The number of fused-ring (bicyclic) bond motifs is 2. The van der Waals surface area contributed by atoms with Gasteiger partial charge in [-0.2, -0.15) is 0 Å². The van der Waals surface area contributed by atoms with E-state index in [-0.39, 0.29) is 21.7 Å². The summed E-state index contributed by atoms with van der Waals surface area (Å²) in [5.74, 6) is 0.860. The van der Waals surface area contributed by atoms with Crippen LogP contribution in [-0.2, 0) is 21.7 Å². The first-order valence-corrected chi connectivity index (χ1v) is 16.4. The summed E-state index contributed by atoms with van der Waals surface area (Å²) in [6, 6.07) is 15.1. The Kier molecular flexibility index (Phi) is 6.94. The second-order valence-electron chi connectivity index (χ2n) is 17.9. The van der Waals surface area contributed by atoms with Gasteiger partial charge in [-0.3, -0.25) is 0 Å². The van der Waals surface area contributed by atoms with Crippen molar-refractivity contribution in [1.29, 1.82) is 0 Å². The first kappa shape index (κ1) is 30.8. The van der Waals surface area contributed by atoms with Crippen LogP contribution in [0.5, 0.6) is 0 Å². The molecule has 0 radical (unpaired) electrons. The maximum Gasteiger partial charge on any atom is -0.00173 e. The van der Waals surface area contributed by atoms with Crippen LogP contribution in [0.1, 0.15) is 156 Å². The summed E-state index contributed by atoms with van der Waals surface area (Å²) >= 11 is 0. The average molecular weight is 561 g/mol. The minimum absolute atomic E-state index is 0.0243. The molecule has 0 fully saturated rings. The highest BCUT2D eigenvalue weighted by molar-refractivity contribution is 6.35. The predicted octanol–water partition coefficient (Wildman–Crippen LogP) is 13.2. The molecule has 0 nitrogen and oxygen atoms in total. The van der Waals surface area contributed by atoms with Crippen LogP contribution in [0.2, 0.25) is 0 Å². The topological polar surface area (TPSA) is 0 Å². The fourth-order valence-corrected chi connectivity index (χ4v) is 7.67. The van der Waals surface area contributed by atoms with Gasteiger partial charge in [0, 0.05) is 0 Å². The van der Waals surface area contributed by atoms with Crippen LogP contribution in [0.25, 0.3) is 43.1 Å². The van der Waals surface area contributed by atoms with Crippen molar-refractivity contribution < 1.29 is 0 Å². The third kappa shape index (κ3) is 4.63. The molecule has 42 heavy (non-hydrogen) atoms.